The van der Waals surface area contributed by atoms with Gasteiger partial charge in [-0.3, -0.25) is 0 Å². The first-order chi connectivity index (χ1) is 2.91. The van der Waals surface area contributed by atoms with Crippen molar-refractivity contribution in [1.29, 1.82) is 0 Å². The van der Waals surface area contributed by atoms with E-state index < -0.39 is 0 Å². The van der Waals surface area contributed by atoms with Gasteiger partial charge in [-0.1, -0.05) is 0 Å². The van der Waals surface area contributed by atoms with Gasteiger partial charge in [0.2, 0.25) is 0 Å². The third-order valence-electron chi connectivity index (χ3n) is 0.702. The van der Waals surface area contributed by atoms with Gasteiger partial charge in [0.25, 0.3) is 0 Å². The molecule has 0 aromatic carbocycles. The molecule has 2 heteroatoms. The van der Waals surface area contributed by atoms with Crippen LogP contribution in [0.4, 0.5) is 0 Å². The molecule has 0 atom stereocenters. The molecule has 0 aliphatic carbocycles. The maximum atomic E-state index is 2.26. The minimum atomic E-state index is 0.874. The van der Waals surface area contributed by atoms with Crippen molar-refractivity contribution in [1.82, 2.24) is 0 Å². The summed E-state index contributed by atoms with van der Waals surface area (Å²) >= 11 is 1.78. The average Bonchev–Trinajstić information content (AvgIpc) is 1.61. The van der Waals surface area contributed by atoms with Crippen LogP contribution in [0.25, 0.3) is 0 Å². The summed E-state index contributed by atoms with van der Waals surface area (Å²) in [7, 11) is 0. The van der Waals surface area contributed by atoms with Gasteiger partial charge in [-0.15, -0.1) is 0 Å². The normalized spacial score (nSPS) is 8.50. The van der Waals surface area contributed by atoms with Gasteiger partial charge in [0.15, 0.2) is 0 Å². The summed E-state index contributed by atoms with van der Waals surface area (Å²) in [6.07, 6.45) is 3.74. The van der Waals surface area contributed by atoms with E-state index in [4.69, 9.17) is 0 Å². The molecule has 6 heavy (non-hydrogen) atoms. The van der Waals surface area contributed by atoms with Gasteiger partial charge < -0.3 is 0 Å². The molecule has 0 saturated carbocycles. The van der Waals surface area contributed by atoms with Crippen molar-refractivity contribution < 1.29 is 23.3 Å². The van der Waals surface area contributed by atoms with Crippen LogP contribution in [0.2, 0.25) is 6.04 Å². The van der Waals surface area contributed by atoms with Gasteiger partial charge >= 0.3 is 55.3 Å². The molecule has 0 aromatic heterocycles. The molecular formula is C4H10SiZr+2. The molecule has 0 rings (SSSR count). The van der Waals surface area contributed by atoms with Crippen molar-refractivity contribution in [2.24, 2.45) is 0 Å². The summed E-state index contributed by atoms with van der Waals surface area (Å²) in [5.74, 6) is 0. The molecule has 0 aliphatic rings. The van der Waals surface area contributed by atoms with E-state index in [0.29, 0.717) is 0 Å². The van der Waals surface area contributed by atoms with Gasteiger partial charge in [-0.25, -0.2) is 0 Å². The average molecular weight is 177 g/mol. The molecule has 0 fully saturated rings. The Hall–Kier alpha value is 1.10. The predicted octanol–water partition coefficient (Wildman–Crippen LogP) is 1.10. The number of unbranched alkanes of at least 4 members (excludes halogenated alkanes) is 1. The van der Waals surface area contributed by atoms with Crippen LogP contribution in [-0.2, 0) is 23.3 Å². The third kappa shape index (κ3) is 5.10. The number of hydrogen-bond donors (Lipinski definition) is 0. The summed E-state index contributed by atoms with van der Waals surface area (Å²) in [6.45, 7) is 2.26. The monoisotopic (exact) mass is 176 g/mol. The second-order valence-electron chi connectivity index (χ2n) is 1.35. The van der Waals surface area contributed by atoms with E-state index in [2.05, 4.69) is 6.92 Å². The van der Waals surface area contributed by atoms with Crippen molar-refractivity contribution in [2.75, 3.05) is 0 Å². The summed E-state index contributed by atoms with van der Waals surface area (Å²) in [5, 5.41) is 0. The summed E-state index contributed by atoms with van der Waals surface area (Å²) in [6, 6.07) is 1.54. The van der Waals surface area contributed by atoms with Crippen molar-refractivity contribution in [3.63, 3.8) is 0 Å². The van der Waals surface area contributed by atoms with Gasteiger partial charge in [0.1, 0.15) is 0 Å². The molecule has 0 radical (unpaired) electrons. The second kappa shape index (κ2) is 6.10. The van der Waals surface area contributed by atoms with E-state index in [1.54, 1.807) is 23.3 Å². The summed E-state index contributed by atoms with van der Waals surface area (Å²) in [5.41, 5.74) is 0. The molecular weight excluding hydrogens is 167 g/mol. The van der Waals surface area contributed by atoms with Crippen LogP contribution in [-0.4, -0.2) is 6.16 Å². The van der Waals surface area contributed by atoms with Crippen LogP contribution in [0.5, 0.6) is 0 Å². The Bertz CT molecular complexity index is 36.5. The zero-order chi connectivity index (χ0) is 4.83. The molecule has 0 N–H and O–H groups in total. The Kier molecular flexibility index (Phi) is 7.22. The fourth-order valence-corrected chi connectivity index (χ4v) is 2.42. The molecule has 0 heterocycles. The molecule has 0 saturated heterocycles. The van der Waals surface area contributed by atoms with E-state index in [0.717, 1.165) is 6.16 Å². The van der Waals surface area contributed by atoms with Gasteiger partial charge in [-0.05, 0) is 0 Å². The fourth-order valence-electron chi connectivity index (χ4n) is 0.306. The Morgan fingerprint density at radius 1 is 1.67 bits per heavy atom. The molecule has 0 nitrogen and oxygen atoms in total. The second-order valence-corrected chi connectivity index (χ2v) is 5.34. The molecule has 0 aliphatic heterocycles. The zero-order valence-corrected chi connectivity index (χ0v) is 7.81. The van der Waals surface area contributed by atoms with Crippen molar-refractivity contribution in [3.05, 3.63) is 0 Å². The van der Waals surface area contributed by atoms with Crippen molar-refractivity contribution in [3.8, 4) is 0 Å². The van der Waals surface area contributed by atoms with Crippen LogP contribution in [0.3, 0.4) is 0 Å². The van der Waals surface area contributed by atoms with Gasteiger partial charge in [0, 0.05) is 0 Å². The molecule has 0 unspecified atom stereocenters. The minimum absolute atomic E-state index is 0.874. The van der Waals surface area contributed by atoms with E-state index >= 15 is 0 Å². The first-order valence-electron chi connectivity index (χ1n) is 2.40. The fraction of sp³-hybridized carbons (Fsp3) is 1.00. The van der Waals surface area contributed by atoms with E-state index in [9.17, 15) is 0 Å². The molecule has 0 amide bonds. The molecule has 32 valence electrons. The topological polar surface area (TPSA) is 0 Å². The predicted molar refractivity (Wildman–Crippen MR) is 26.9 cm³/mol. The Morgan fingerprint density at radius 2 is 2.33 bits per heavy atom. The van der Waals surface area contributed by atoms with Crippen molar-refractivity contribution in [2.45, 2.75) is 25.8 Å². The maximum absolute atomic E-state index is 2.26. The van der Waals surface area contributed by atoms with Crippen LogP contribution >= 0.6 is 0 Å². The number of rotatable bonds is 3. The Morgan fingerprint density at radius 3 is 2.50 bits per heavy atom. The Balaban J connectivity index is 2.49. The standard InChI is InChI=1S/C4H10Si.Zr/c1-2-3-4-5;/h5H,2-4H2,1H3;/q;+2. The Labute approximate surface area is 55.3 Å². The first kappa shape index (κ1) is 7.10. The van der Waals surface area contributed by atoms with Gasteiger partial charge in [0.05, 0.1) is 0 Å². The quantitative estimate of drug-likeness (QED) is 0.447. The van der Waals surface area contributed by atoms with Gasteiger partial charge in [-0.2, -0.15) is 0 Å². The SMILES string of the molecule is CCCC[SiH]=[Zr+2]. The van der Waals surface area contributed by atoms with Crippen LogP contribution in [0, 0.1) is 0 Å². The van der Waals surface area contributed by atoms with Crippen molar-refractivity contribution >= 4 is 6.16 Å². The van der Waals surface area contributed by atoms with Crippen LogP contribution < -0.4 is 0 Å². The summed E-state index contributed by atoms with van der Waals surface area (Å²) < 4.78 is 0. The molecule has 0 aromatic rings. The number of hydrogen-bond acceptors (Lipinski definition) is 0. The van der Waals surface area contributed by atoms with E-state index in [-0.39, 0.29) is 0 Å². The first-order valence-corrected chi connectivity index (χ1v) is 8.06. The summed E-state index contributed by atoms with van der Waals surface area (Å²) in [4.78, 5) is 0. The van der Waals surface area contributed by atoms with Crippen LogP contribution in [0.15, 0.2) is 0 Å². The molecule has 0 spiro atoms. The third-order valence-corrected chi connectivity index (χ3v) is 3.53. The zero-order valence-electron chi connectivity index (χ0n) is 4.20. The van der Waals surface area contributed by atoms with Crippen LogP contribution in [0.1, 0.15) is 19.8 Å². The van der Waals surface area contributed by atoms with E-state index in [1.165, 1.54) is 18.9 Å². The van der Waals surface area contributed by atoms with E-state index in [1.807, 2.05) is 0 Å². The molecule has 0 bridgehead atoms.